The molecule has 0 aliphatic heterocycles. The van der Waals surface area contributed by atoms with Crippen LogP contribution in [0.1, 0.15) is 21.6 Å². The number of pyridine rings is 1. The molecule has 4 rings (SSSR count). The standard InChI is InChI=1S/C24H18ClFN2O2/c1-15-22(23(29)27-14-16-5-4-6-18(26)13-16)20-7-2-3-8-21(20)24(30)28(15)19-11-9-17(25)10-12-19/h2-13H,14H2,1H3,(H,27,29). The molecule has 0 spiro atoms. The van der Waals surface area contributed by atoms with Crippen LogP contribution in [0.3, 0.4) is 0 Å². The second-order valence-electron chi connectivity index (χ2n) is 6.94. The van der Waals surface area contributed by atoms with Crippen LogP contribution in [0.2, 0.25) is 5.02 Å². The molecule has 0 radical (unpaired) electrons. The number of halogens is 2. The molecule has 3 aromatic carbocycles. The van der Waals surface area contributed by atoms with E-state index in [9.17, 15) is 14.0 Å². The Hall–Kier alpha value is -3.44. The van der Waals surface area contributed by atoms with Crippen LogP contribution < -0.4 is 10.9 Å². The minimum atomic E-state index is -0.361. The Bertz CT molecular complexity index is 1310. The van der Waals surface area contributed by atoms with Gasteiger partial charge in [0.05, 0.1) is 5.56 Å². The van der Waals surface area contributed by atoms with Gasteiger partial charge in [0, 0.05) is 33.7 Å². The van der Waals surface area contributed by atoms with Gasteiger partial charge >= 0.3 is 0 Å². The van der Waals surface area contributed by atoms with Gasteiger partial charge in [0.1, 0.15) is 5.82 Å². The molecular weight excluding hydrogens is 403 g/mol. The summed E-state index contributed by atoms with van der Waals surface area (Å²) in [5.41, 5.74) is 1.96. The van der Waals surface area contributed by atoms with E-state index >= 15 is 0 Å². The molecule has 0 unspecified atom stereocenters. The van der Waals surface area contributed by atoms with Crippen molar-refractivity contribution >= 4 is 28.3 Å². The lowest BCUT2D eigenvalue weighted by atomic mass is 10.0. The largest absolute Gasteiger partial charge is 0.348 e. The van der Waals surface area contributed by atoms with E-state index < -0.39 is 0 Å². The lowest BCUT2D eigenvalue weighted by Gasteiger charge is -2.17. The maximum absolute atomic E-state index is 13.4. The van der Waals surface area contributed by atoms with E-state index in [-0.39, 0.29) is 23.8 Å². The average molecular weight is 421 g/mol. The Balaban J connectivity index is 1.83. The molecule has 0 saturated carbocycles. The van der Waals surface area contributed by atoms with Gasteiger partial charge in [-0.2, -0.15) is 0 Å². The number of carbonyl (C=O) groups excluding carboxylic acids is 1. The summed E-state index contributed by atoms with van der Waals surface area (Å²) in [6.07, 6.45) is 0. The number of rotatable bonds is 4. The first kappa shape index (κ1) is 19.9. The minimum Gasteiger partial charge on any atom is -0.348 e. The Morgan fingerprint density at radius 3 is 2.40 bits per heavy atom. The number of hydrogen-bond acceptors (Lipinski definition) is 2. The van der Waals surface area contributed by atoms with E-state index in [1.165, 1.54) is 16.7 Å². The zero-order chi connectivity index (χ0) is 21.3. The molecule has 0 atom stereocenters. The van der Waals surface area contributed by atoms with Crippen LogP contribution in [-0.4, -0.2) is 10.5 Å². The van der Waals surface area contributed by atoms with Crippen molar-refractivity contribution in [3.8, 4) is 5.69 Å². The van der Waals surface area contributed by atoms with Gasteiger partial charge in [-0.3, -0.25) is 14.2 Å². The number of hydrogen-bond donors (Lipinski definition) is 1. The van der Waals surface area contributed by atoms with Gasteiger partial charge < -0.3 is 5.32 Å². The van der Waals surface area contributed by atoms with Gasteiger partial charge in [-0.1, -0.05) is 41.9 Å². The van der Waals surface area contributed by atoms with Crippen LogP contribution in [0.15, 0.2) is 77.6 Å². The Labute approximate surface area is 177 Å². The zero-order valence-corrected chi connectivity index (χ0v) is 16.9. The van der Waals surface area contributed by atoms with E-state index in [0.717, 1.165) is 0 Å². The molecule has 1 N–H and O–H groups in total. The Kier molecular flexibility index (Phi) is 5.38. The number of amides is 1. The summed E-state index contributed by atoms with van der Waals surface area (Å²) in [5, 5.41) is 4.40. The van der Waals surface area contributed by atoms with Crippen LogP contribution in [0.5, 0.6) is 0 Å². The van der Waals surface area contributed by atoms with Gasteiger partial charge in [-0.05, 0) is 55.0 Å². The number of benzene rings is 3. The number of nitrogens with one attached hydrogen (secondary N) is 1. The molecule has 6 heteroatoms. The third-order valence-corrected chi connectivity index (χ3v) is 5.23. The van der Waals surface area contributed by atoms with Crippen molar-refractivity contribution in [2.45, 2.75) is 13.5 Å². The third-order valence-electron chi connectivity index (χ3n) is 4.98. The Morgan fingerprint density at radius 1 is 1.00 bits per heavy atom. The molecule has 1 aromatic heterocycles. The fraction of sp³-hybridized carbons (Fsp3) is 0.0833. The van der Waals surface area contributed by atoms with E-state index in [1.54, 1.807) is 67.6 Å². The van der Waals surface area contributed by atoms with Gasteiger partial charge in [0.25, 0.3) is 11.5 Å². The van der Waals surface area contributed by atoms with Crippen molar-refractivity contribution in [2.24, 2.45) is 0 Å². The van der Waals surface area contributed by atoms with Gasteiger partial charge in [-0.15, -0.1) is 0 Å². The first-order chi connectivity index (χ1) is 14.5. The molecule has 30 heavy (non-hydrogen) atoms. The molecule has 4 aromatic rings. The molecular formula is C24H18ClFN2O2. The van der Waals surface area contributed by atoms with Crippen molar-refractivity contribution in [3.05, 3.63) is 111 Å². The minimum absolute atomic E-state index is 0.171. The Morgan fingerprint density at radius 2 is 1.70 bits per heavy atom. The second-order valence-corrected chi connectivity index (χ2v) is 7.37. The summed E-state index contributed by atoms with van der Waals surface area (Å²) in [7, 11) is 0. The van der Waals surface area contributed by atoms with Crippen LogP contribution in [0.4, 0.5) is 4.39 Å². The van der Waals surface area contributed by atoms with Crippen LogP contribution in [0.25, 0.3) is 16.5 Å². The molecule has 0 fully saturated rings. The van der Waals surface area contributed by atoms with Gasteiger partial charge in [0.15, 0.2) is 0 Å². The predicted molar refractivity (Wildman–Crippen MR) is 117 cm³/mol. The summed E-state index contributed by atoms with van der Waals surface area (Å²) >= 11 is 5.99. The molecule has 0 aliphatic carbocycles. The van der Waals surface area contributed by atoms with Crippen molar-refractivity contribution < 1.29 is 9.18 Å². The van der Waals surface area contributed by atoms with Crippen LogP contribution >= 0.6 is 11.6 Å². The van der Waals surface area contributed by atoms with Crippen LogP contribution in [-0.2, 0) is 6.54 Å². The lowest BCUT2D eigenvalue weighted by molar-refractivity contribution is 0.0951. The SMILES string of the molecule is Cc1c(C(=O)NCc2cccc(F)c2)c2ccccc2c(=O)n1-c1ccc(Cl)cc1. The highest BCUT2D eigenvalue weighted by molar-refractivity contribution is 6.30. The second kappa shape index (κ2) is 8.13. The number of nitrogens with zero attached hydrogens (tertiary/aromatic N) is 1. The van der Waals surface area contributed by atoms with E-state index in [1.807, 2.05) is 0 Å². The predicted octanol–water partition coefficient (Wildman–Crippen LogP) is 5.02. The van der Waals surface area contributed by atoms with Crippen LogP contribution in [0, 0.1) is 12.7 Å². The topological polar surface area (TPSA) is 51.1 Å². The zero-order valence-electron chi connectivity index (χ0n) is 16.2. The number of carbonyl (C=O) groups is 1. The maximum Gasteiger partial charge on any atom is 0.263 e. The fourth-order valence-electron chi connectivity index (χ4n) is 3.57. The summed E-state index contributed by atoms with van der Waals surface area (Å²) in [5.74, 6) is -0.699. The van der Waals surface area contributed by atoms with Crippen molar-refractivity contribution in [2.75, 3.05) is 0 Å². The van der Waals surface area contributed by atoms with Gasteiger partial charge in [0.2, 0.25) is 0 Å². The highest BCUT2D eigenvalue weighted by atomic mass is 35.5. The van der Waals surface area contributed by atoms with E-state index in [4.69, 9.17) is 11.6 Å². The van der Waals surface area contributed by atoms with Gasteiger partial charge in [-0.25, -0.2) is 4.39 Å². The first-order valence-electron chi connectivity index (χ1n) is 9.38. The molecule has 0 saturated heterocycles. The lowest BCUT2D eigenvalue weighted by Crippen LogP contribution is -2.29. The van der Waals surface area contributed by atoms with Crippen molar-refractivity contribution in [3.63, 3.8) is 0 Å². The molecule has 150 valence electrons. The molecule has 4 nitrogen and oxygen atoms in total. The van der Waals surface area contributed by atoms with Crippen molar-refractivity contribution in [1.29, 1.82) is 0 Å². The van der Waals surface area contributed by atoms with E-state index in [0.29, 0.717) is 38.3 Å². The molecule has 1 heterocycles. The first-order valence-corrected chi connectivity index (χ1v) is 9.76. The summed E-state index contributed by atoms with van der Waals surface area (Å²) in [6.45, 7) is 1.91. The maximum atomic E-state index is 13.4. The third kappa shape index (κ3) is 3.72. The van der Waals surface area contributed by atoms with Crippen molar-refractivity contribution in [1.82, 2.24) is 9.88 Å². The fourth-order valence-corrected chi connectivity index (χ4v) is 3.70. The average Bonchev–Trinajstić information content (AvgIpc) is 2.74. The monoisotopic (exact) mass is 420 g/mol. The quantitative estimate of drug-likeness (QED) is 0.504. The number of aromatic nitrogens is 1. The normalized spacial score (nSPS) is 10.9. The smallest absolute Gasteiger partial charge is 0.263 e. The van der Waals surface area contributed by atoms with E-state index in [2.05, 4.69) is 5.32 Å². The number of fused-ring (bicyclic) bond motifs is 1. The summed E-state index contributed by atoms with van der Waals surface area (Å²) in [4.78, 5) is 26.3. The molecule has 0 aliphatic rings. The highest BCUT2D eigenvalue weighted by Gasteiger charge is 2.20. The molecule has 1 amide bonds. The highest BCUT2D eigenvalue weighted by Crippen LogP contribution is 2.23. The summed E-state index contributed by atoms with van der Waals surface area (Å²) in [6, 6.07) is 19.9. The molecule has 0 bridgehead atoms. The summed E-state index contributed by atoms with van der Waals surface area (Å²) < 4.78 is 14.9.